The van der Waals surface area contributed by atoms with Crippen LogP contribution in [-0.4, -0.2) is 31.1 Å². The second kappa shape index (κ2) is 7.88. The molecule has 1 aliphatic heterocycles. The van der Waals surface area contributed by atoms with E-state index in [0.717, 1.165) is 6.54 Å². The number of nitrogens with zero attached hydrogens (tertiary/aromatic N) is 1. The number of piperidine rings is 1. The van der Waals surface area contributed by atoms with Crippen molar-refractivity contribution in [1.82, 2.24) is 10.2 Å². The SMILES string of the molecule is CNC1CCCN(Cc2ccc(C(C)C)cc2)C1.Cl. The van der Waals surface area contributed by atoms with E-state index in [4.69, 9.17) is 0 Å². The van der Waals surface area contributed by atoms with Crippen molar-refractivity contribution in [3.8, 4) is 0 Å². The molecule has 1 unspecified atom stereocenters. The summed E-state index contributed by atoms with van der Waals surface area (Å²) >= 11 is 0. The average Bonchev–Trinajstić information content (AvgIpc) is 2.39. The Morgan fingerprint density at radius 1 is 1.26 bits per heavy atom. The largest absolute Gasteiger partial charge is 0.316 e. The number of likely N-dealkylation sites (N-methyl/N-ethyl adjacent to an activating group) is 1. The van der Waals surface area contributed by atoms with Crippen molar-refractivity contribution in [2.45, 2.75) is 45.2 Å². The van der Waals surface area contributed by atoms with E-state index in [1.807, 2.05) is 0 Å². The lowest BCUT2D eigenvalue weighted by Crippen LogP contribution is -2.43. The van der Waals surface area contributed by atoms with Crippen LogP contribution in [0.25, 0.3) is 0 Å². The molecule has 0 spiro atoms. The molecule has 1 aromatic rings. The van der Waals surface area contributed by atoms with Gasteiger partial charge in [-0.3, -0.25) is 4.90 Å². The Balaban J connectivity index is 0.00000180. The van der Waals surface area contributed by atoms with Gasteiger partial charge in [-0.25, -0.2) is 0 Å². The summed E-state index contributed by atoms with van der Waals surface area (Å²) in [5.74, 6) is 0.628. The number of hydrogen-bond donors (Lipinski definition) is 1. The fourth-order valence-electron chi connectivity index (χ4n) is 2.70. The minimum Gasteiger partial charge on any atom is -0.316 e. The van der Waals surface area contributed by atoms with Gasteiger partial charge in [-0.2, -0.15) is 0 Å². The molecule has 1 N–H and O–H groups in total. The normalized spacial score (nSPS) is 20.3. The maximum Gasteiger partial charge on any atom is 0.0234 e. The highest BCUT2D eigenvalue weighted by Gasteiger charge is 2.18. The molecule has 1 saturated heterocycles. The monoisotopic (exact) mass is 282 g/mol. The maximum absolute atomic E-state index is 3.40. The van der Waals surface area contributed by atoms with Crippen LogP contribution in [0.5, 0.6) is 0 Å². The van der Waals surface area contributed by atoms with Crippen molar-refractivity contribution in [3.63, 3.8) is 0 Å². The Morgan fingerprint density at radius 2 is 1.95 bits per heavy atom. The first-order chi connectivity index (χ1) is 8.69. The van der Waals surface area contributed by atoms with Gasteiger partial charge in [0.25, 0.3) is 0 Å². The Bertz CT molecular complexity index is 362. The fraction of sp³-hybridized carbons (Fsp3) is 0.625. The molecule has 0 amide bonds. The summed E-state index contributed by atoms with van der Waals surface area (Å²) in [6.07, 6.45) is 2.63. The predicted molar refractivity (Wildman–Crippen MR) is 85.1 cm³/mol. The summed E-state index contributed by atoms with van der Waals surface area (Å²) in [4.78, 5) is 2.56. The van der Waals surface area contributed by atoms with Crippen LogP contribution in [-0.2, 0) is 6.54 Å². The first-order valence-corrected chi connectivity index (χ1v) is 7.17. The highest BCUT2D eigenvalue weighted by atomic mass is 35.5. The Morgan fingerprint density at radius 3 is 2.53 bits per heavy atom. The third kappa shape index (κ3) is 4.79. The predicted octanol–water partition coefficient (Wildman–Crippen LogP) is 3.42. The van der Waals surface area contributed by atoms with E-state index in [-0.39, 0.29) is 12.4 Å². The van der Waals surface area contributed by atoms with E-state index in [9.17, 15) is 0 Å². The molecule has 1 fully saturated rings. The van der Waals surface area contributed by atoms with Crippen molar-refractivity contribution < 1.29 is 0 Å². The number of benzene rings is 1. The zero-order valence-electron chi connectivity index (χ0n) is 12.4. The molecule has 2 rings (SSSR count). The van der Waals surface area contributed by atoms with Crippen molar-refractivity contribution >= 4 is 12.4 Å². The molecule has 0 saturated carbocycles. The molecule has 2 nitrogen and oxygen atoms in total. The zero-order chi connectivity index (χ0) is 13.0. The fourth-order valence-corrected chi connectivity index (χ4v) is 2.70. The van der Waals surface area contributed by atoms with E-state index < -0.39 is 0 Å². The van der Waals surface area contributed by atoms with Gasteiger partial charge in [0.15, 0.2) is 0 Å². The van der Waals surface area contributed by atoms with Crippen LogP contribution in [0.2, 0.25) is 0 Å². The number of rotatable bonds is 4. The van der Waals surface area contributed by atoms with Crippen LogP contribution >= 0.6 is 12.4 Å². The third-order valence-electron chi connectivity index (χ3n) is 3.97. The van der Waals surface area contributed by atoms with Crippen LogP contribution in [0.15, 0.2) is 24.3 Å². The minimum atomic E-state index is 0. The van der Waals surface area contributed by atoms with Gasteiger partial charge in [0.1, 0.15) is 0 Å². The molecular formula is C16H27ClN2. The van der Waals surface area contributed by atoms with Crippen LogP contribution in [0.4, 0.5) is 0 Å². The summed E-state index contributed by atoms with van der Waals surface area (Å²) in [6.45, 7) is 8.01. The average molecular weight is 283 g/mol. The molecule has 1 aliphatic rings. The van der Waals surface area contributed by atoms with Gasteiger partial charge in [0, 0.05) is 19.1 Å². The smallest absolute Gasteiger partial charge is 0.0234 e. The molecule has 0 bridgehead atoms. The maximum atomic E-state index is 3.40. The first kappa shape index (κ1) is 16.5. The molecule has 0 aromatic heterocycles. The van der Waals surface area contributed by atoms with Crippen LogP contribution < -0.4 is 5.32 Å². The van der Waals surface area contributed by atoms with Crippen molar-refractivity contribution in [2.75, 3.05) is 20.1 Å². The Labute approximate surface area is 124 Å². The van der Waals surface area contributed by atoms with E-state index in [1.54, 1.807) is 0 Å². The highest BCUT2D eigenvalue weighted by molar-refractivity contribution is 5.85. The summed E-state index contributed by atoms with van der Waals surface area (Å²) in [7, 11) is 2.07. The van der Waals surface area contributed by atoms with E-state index in [1.165, 1.54) is 37.1 Å². The Hall–Kier alpha value is -0.570. The van der Waals surface area contributed by atoms with Gasteiger partial charge in [-0.05, 0) is 43.5 Å². The van der Waals surface area contributed by atoms with Crippen molar-refractivity contribution in [2.24, 2.45) is 0 Å². The number of nitrogens with one attached hydrogen (secondary N) is 1. The molecule has 1 atom stereocenters. The molecule has 0 radical (unpaired) electrons. The minimum absolute atomic E-state index is 0. The van der Waals surface area contributed by atoms with Gasteiger partial charge < -0.3 is 5.32 Å². The van der Waals surface area contributed by atoms with Gasteiger partial charge in [0.2, 0.25) is 0 Å². The van der Waals surface area contributed by atoms with Gasteiger partial charge >= 0.3 is 0 Å². The number of halogens is 1. The summed E-state index contributed by atoms with van der Waals surface area (Å²) in [5, 5.41) is 3.40. The zero-order valence-corrected chi connectivity index (χ0v) is 13.2. The highest BCUT2D eigenvalue weighted by Crippen LogP contribution is 2.17. The molecule has 0 aliphatic carbocycles. The first-order valence-electron chi connectivity index (χ1n) is 7.17. The lowest BCUT2D eigenvalue weighted by Gasteiger charge is -2.32. The summed E-state index contributed by atoms with van der Waals surface area (Å²) in [6, 6.07) is 9.81. The van der Waals surface area contributed by atoms with Gasteiger partial charge in [-0.1, -0.05) is 38.1 Å². The third-order valence-corrected chi connectivity index (χ3v) is 3.97. The van der Waals surface area contributed by atoms with Crippen LogP contribution in [0.1, 0.15) is 43.7 Å². The lowest BCUT2D eigenvalue weighted by molar-refractivity contribution is 0.188. The standard InChI is InChI=1S/C16H26N2.ClH/c1-13(2)15-8-6-14(7-9-15)11-18-10-4-5-16(12-18)17-3;/h6-9,13,16-17H,4-5,10-12H2,1-3H3;1H. The quantitative estimate of drug-likeness (QED) is 0.910. The van der Waals surface area contributed by atoms with Crippen molar-refractivity contribution in [3.05, 3.63) is 35.4 Å². The molecule has 1 heterocycles. The summed E-state index contributed by atoms with van der Waals surface area (Å²) < 4.78 is 0. The molecule has 19 heavy (non-hydrogen) atoms. The molecule has 3 heteroatoms. The topological polar surface area (TPSA) is 15.3 Å². The second-order valence-electron chi connectivity index (χ2n) is 5.76. The molecule has 108 valence electrons. The van der Waals surface area contributed by atoms with E-state index in [2.05, 4.69) is 55.4 Å². The van der Waals surface area contributed by atoms with E-state index in [0.29, 0.717) is 12.0 Å². The number of hydrogen-bond acceptors (Lipinski definition) is 2. The summed E-state index contributed by atoms with van der Waals surface area (Å²) in [5.41, 5.74) is 2.88. The van der Waals surface area contributed by atoms with E-state index >= 15 is 0 Å². The molecular weight excluding hydrogens is 256 g/mol. The number of likely N-dealkylation sites (tertiary alicyclic amines) is 1. The van der Waals surface area contributed by atoms with Gasteiger partial charge in [0.05, 0.1) is 0 Å². The van der Waals surface area contributed by atoms with Crippen molar-refractivity contribution in [1.29, 1.82) is 0 Å². The van der Waals surface area contributed by atoms with Crippen LogP contribution in [0.3, 0.4) is 0 Å². The molecule has 1 aromatic carbocycles. The van der Waals surface area contributed by atoms with Crippen LogP contribution in [0, 0.1) is 0 Å². The second-order valence-corrected chi connectivity index (χ2v) is 5.76. The lowest BCUT2D eigenvalue weighted by atomic mass is 10.0. The van der Waals surface area contributed by atoms with Gasteiger partial charge in [-0.15, -0.1) is 12.4 Å². The Kier molecular flexibility index (Phi) is 6.84.